The van der Waals surface area contributed by atoms with Gasteiger partial charge in [-0.15, -0.1) is 11.3 Å². The van der Waals surface area contributed by atoms with Gasteiger partial charge < -0.3 is 10.1 Å². The molecule has 0 radical (unpaired) electrons. The van der Waals surface area contributed by atoms with E-state index in [0.717, 1.165) is 25.3 Å². The van der Waals surface area contributed by atoms with Crippen LogP contribution >= 0.6 is 11.3 Å². The fraction of sp³-hybridized carbons (Fsp3) is 0.786. The van der Waals surface area contributed by atoms with Crippen LogP contribution in [0.4, 0.5) is 0 Å². The highest BCUT2D eigenvalue weighted by Crippen LogP contribution is 2.32. The summed E-state index contributed by atoms with van der Waals surface area (Å²) in [5.41, 5.74) is 1.11. The van der Waals surface area contributed by atoms with Crippen molar-refractivity contribution in [3.8, 4) is 0 Å². The molecule has 104 valence electrons. The lowest BCUT2D eigenvalue weighted by Crippen LogP contribution is -2.42. The Kier molecular flexibility index (Phi) is 5.76. The smallest absolute Gasteiger partial charge is 0.113 e. The Morgan fingerprint density at radius 3 is 2.50 bits per heavy atom. The first-order valence-corrected chi connectivity index (χ1v) is 7.39. The van der Waals surface area contributed by atoms with Gasteiger partial charge in [-0.05, 0) is 33.1 Å². The van der Waals surface area contributed by atoms with Gasteiger partial charge in [0, 0.05) is 18.5 Å². The highest BCUT2D eigenvalue weighted by Gasteiger charge is 2.30. The monoisotopic (exact) mass is 270 g/mol. The molecule has 4 heteroatoms. The molecule has 1 atom stereocenters. The Bertz CT molecular complexity index is 356. The second-order valence-electron chi connectivity index (χ2n) is 5.51. The van der Waals surface area contributed by atoms with E-state index in [1.54, 1.807) is 18.4 Å². The molecule has 0 aliphatic heterocycles. The highest BCUT2D eigenvalue weighted by molar-refractivity contribution is 7.11. The normalized spacial score (nSPS) is 15.1. The van der Waals surface area contributed by atoms with Crippen LogP contribution in [0.1, 0.15) is 42.8 Å². The molecule has 3 nitrogen and oxygen atoms in total. The van der Waals surface area contributed by atoms with Crippen molar-refractivity contribution in [3.63, 3.8) is 0 Å². The van der Waals surface area contributed by atoms with Crippen LogP contribution < -0.4 is 5.32 Å². The highest BCUT2D eigenvalue weighted by atomic mass is 32.1. The Hall–Kier alpha value is -0.450. The number of nitrogens with zero attached hydrogens (tertiary/aromatic N) is 1. The van der Waals surface area contributed by atoms with Crippen LogP contribution in [0.25, 0.3) is 0 Å². The maximum absolute atomic E-state index is 5.13. The fourth-order valence-corrected chi connectivity index (χ4v) is 3.24. The van der Waals surface area contributed by atoms with Gasteiger partial charge in [-0.25, -0.2) is 4.98 Å². The third-order valence-electron chi connectivity index (χ3n) is 3.14. The standard InChI is InChI=1S/C14H26N2OS/c1-10(2)9-14(5,15-7-8-17-6)13-16-11(3)12(4)18-13/h10,15H,7-9H2,1-6H3. The van der Waals surface area contributed by atoms with Gasteiger partial charge in [0.15, 0.2) is 0 Å². The van der Waals surface area contributed by atoms with Gasteiger partial charge in [0.1, 0.15) is 5.01 Å². The molecule has 0 amide bonds. The summed E-state index contributed by atoms with van der Waals surface area (Å²) < 4.78 is 5.13. The lowest BCUT2D eigenvalue weighted by Gasteiger charge is -2.30. The van der Waals surface area contributed by atoms with Gasteiger partial charge in [-0.3, -0.25) is 0 Å². The van der Waals surface area contributed by atoms with E-state index in [1.165, 1.54) is 9.88 Å². The van der Waals surface area contributed by atoms with Crippen LogP contribution in [-0.4, -0.2) is 25.2 Å². The number of aryl methyl sites for hydroxylation is 2. The third-order valence-corrected chi connectivity index (χ3v) is 4.48. The number of aromatic nitrogens is 1. The van der Waals surface area contributed by atoms with Crippen molar-refractivity contribution in [1.29, 1.82) is 0 Å². The molecular formula is C14H26N2OS. The zero-order valence-electron chi connectivity index (χ0n) is 12.5. The van der Waals surface area contributed by atoms with Crippen LogP contribution in [0.2, 0.25) is 0 Å². The average molecular weight is 270 g/mol. The Balaban J connectivity index is 2.88. The molecule has 0 fully saturated rings. The minimum Gasteiger partial charge on any atom is -0.383 e. The van der Waals surface area contributed by atoms with E-state index in [4.69, 9.17) is 9.72 Å². The molecular weight excluding hydrogens is 244 g/mol. The maximum Gasteiger partial charge on any atom is 0.113 e. The van der Waals surface area contributed by atoms with Gasteiger partial charge in [0.05, 0.1) is 17.8 Å². The van der Waals surface area contributed by atoms with Gasteiger partial charge in [-0.1, -0.05) is 13.8 Å². The number of nitrogens with one attached hydrogen (secondary N) is 1. The minimum atomic E-state index is -0.0453. The number of hydrogen-bond donors (Lipinski definition) is 1. The topological polar surface area (TPSA) is 34.1 Å². The Labute approximate surface area is 115 Å². The molecule has 0 aromatic carbocycles. The molecule has 0 saturated heterocycles. The number of ether oxygens (including phenoxy) is 1. The van der Waals surface area contributed by atoms with Crippen molar-refractivity contribution in [2.75, 3.05) is 20.3 Å². The first-order valence-electron chi connectivity index (χ1n) is 6.57. The van der Waals surface area contributed by atoms with Gasteiger partial charge in [0.2, 0.25) is 0 Å². The van der Waals surface area contributed by atoms with E-state index in [-0.39, 0.29) is 5.54 Å². The SMILES string of the molecule is COCCNC(C)(CC(C)C)c1nc(C)c(C)s1. The molecule has 0 aliphatic rings. The van der Waals surface area contributed by atoms with Crippen molar-refractivity contribution in [2.24, 2.45) is 5.92 Å². The van der Waals surface area contributed by atoms with Crippen LogP contribution in [0, 0.1) is 19.8 Å². The molecule has 0 bridgehead atoms. The molecule has 0 spiro atoms. The zero-order chi connectivity index (χ0) is 13.8. The van der Waals surface area contributed by atoms with Crippen molar-refractivity contribution in [2.45, 2.75) is 46.6 Å². The quantitative estimate of drug-likeness (QED) is 0.772. The van der Waals surface area contributed by atoms with Gasteiger partial charge in [0.25, 0.3) is 0 Å². The van der Waals surface area contributed by atoms with Crippen molar-refractivity contribution >= 4 is 11.3 Å². The lowest BCUT2D eigenvalue weighted by atomic mass is 9.91. The molecule has 0 aliphatic carbocycles. The number of rotatable bonds is 7. The van der Waals surface area contributed by atoms with E-state index in [2.05, 4.69) is 39.9 Å². The van der Waals surface area contributed by atoms with Gasteiger partial charge in [-0.2, -0.15) is 0 Å². The van der Waals surface area contributed by atoms with E-state index in [0.29, 0.717) is 5.92 Å². The molecule has 1 aromatic rings. The summed E-state index contributed by atoms with van der Waals surface area (Å²) in [5, 5.41) is 4.80. The molecule has 1 rings (SSSR count). The summed E-state index contributed by atoms with van der Waals surface area (Å²) in [5.74, 6) is 0.634. The molecule has 1 unspecified atom stereocenters. The van der Waals surface area contributed by atoms with Crippen LogP contribution in [0.5, 0.6) is 0 Å². The minimum absolute atomic E-state index is 0.0453. The number of methoxy groups -OCH3 is 1. The summed E-state index contributed by atoms with van der Waals surface area (Å²) in [6.07, 6.45) is 1.09. The fourth-order valence-electron chi connectivity index (χ4n) is 2.19. The predicted octanol–water partition coefficient (Wildman–Crippen LogP) is 3.26. The van der Waals surface area contributed by atoms with Crippen LogP contribution in [-0.2, 0) is 10.3 Å². The van der Waals surface area contributed by atoms with E-state index >= 15 is 0 Å². The summed E-state index contributed by atoms with van der Waals surface area (Å²) in [4.78, 5) is 6.04. The summed E-state index contributed by atoms with van der Waals surface area (Å²) in [7, 11) is 1.74. The third kappa shape index (κ3) is 4.04. The number of thiazole rings is 1. The van der Waals surface area contributed by atoms with E-state index in [1.807, 2.05) is 0 Å². The molecule has 0 saturated carbocycles. The summed E-state index contributed by atoms with van der Waals surface area (Å²) >= 11 is 1.81. The zero-order valence-corrected chi connectivity index (χ0v) is 13.3. The molecule has 18 heavy (non-hydrogen) atoms. The maximum atomic E-state index is 5.13. The Morgan fingerprint density at radius 2 is 2.06 bits per heavy atom. The predicted molar refractivity (Wildman–Crippen MR) is 78.3 cm³/mol. The second-order valence-corrected chi connectivity index (χ2v) is 6.71. The molecule has 1 heterocycles. The number of hydrogen-bond acceptors (Lipinski definition) is 4. The molecule has 1 N–H and O–H groups in total. The van der Waals surface area contributed by atoms with Crippen molar-refractivity contribution in [3.05, 3.63) is 15.6 Å². The average Bonchev–Trinajstić information content (AvgIpc) is 2.59. The first-order chi connectivity index (χ1) is 8.39. The molecule has 1 aromatic heterocycles. The lowest BCUT2D eigenvalue weighted by molar-refractivity contribution is 0.180. The van der Waals surface area contributed by atoms with Crippen molar-refractivity contribution < 1.29 is 4.74 Å². The van der Waals surface area contributed by atoms with Crippen LogP contribution in [0.15, 0.2) is 0 Å². The summed E-state index contributed by atoms with van der Waals surface area (Å²) in [6, 6.07) is 0. The largest absolute Gasteiger partial charge is 0.383 e. The second kappa shape index (κ2) is 6.64. The summed E-state index contributed by atoms with van der Waals surface area (Å²) in [6.45, 7) is 12.6. The van der Waals surface area contributed by atoms with Gasteiger partial charge >= 0.3 is 0 Å². The Morgan fingerprint density at radius 1 is 1.39 bits per heavy atom. The van der Waals surface area contributed by atoms with Crippen molar-refractivity contribution in [1.82, 2.24) is 10.3 Å². The van der Waals surface area contributed by atoms with Crippen LogP contribution in [0.3, 0.4) is 0 Å². The van der Waals surface area contributed by atoms with E-state index in [9.17, 15) is 0 Å². The van der Waals surface area contributed by atoms with E-state index < -0.39 is 0 Å². The first kappa shape index (κ1) is 15.6.